The van der Waals surface area contributed by atoms with Gasteiger partial charge in [-0.05, 0) is 121 Å². The summed E-state index contributed by atoms with van der Waals surface area (Å²) in [5.41, 5.74) is 6.38. The number of nitrogens with one attached hydrogen (secondary N) is 5. The van der Waals surface area contributed by atoms with Crippen molar-refractivity contribution in [2.75, 3.05) is 75.2 Å². The third kappa shape index (κ3) is 14.5. The number of aromatic carboxylic acids is 2. The van der Waals surface area contributed by atoms with Crippen LogP contribution in [0.4, 0.5) is 20.2 Å². The average Bonchev–Trinajstić information content (AvgIpc) is 1.76. The molecule has 0 bridgehead atoms. The number of aromatic amines is 2. The lowest BCUT2D eigenvalue weighted by atomic mass is 10.1. The zero-order valence-electron chi connectivity index (χ0n) is 50.6. The van der Waals surface area contributed by atoms with Crippen molar-refractivity contribution >= 4 is 103 Å². The van der Waals surface area contributed by atoms with E-state index in [9.17, 15) is 50.6 Å². The zero-order chi connectivity index (χ0) is 65.1. The second-order valence-corrected chi connectivity index (χ2v) is 27.8. The Balaban J connectivity index is 0.000000148. The first-order valence-corrected chi connectivity index (χ1v) is 34.9. The van der Waals surface area contributed by atoms with E-state index in [1.807, 2.05) is 104 Å². The molecule has 2 aliphatic carbocycles. The predicted molar refractivity (Wildman–Crippen MR) is 359 cm³/mol. The smallest absolute Gasteiger partial charge is 0.341 e. The lowest BCUT2D eigenvalue weighted by Gasteiger charge is -2.36. The molecule has 93 heavy (non-hydrogen) atoms. The number of hydrogen-bond donors (Lipinski definition) is 7. The Morgan fingerprint density at radius 2 is 0.968 bits per heavy atom. The Hall–Kier alpha value is -8.56. The van der Waals surface area contributed by atoms with Crippen LogP contribution in [0.15, 0.2) is 165 Å². The van der Waals surface area contributed by atoms with E-state index < -0.39 is 54.5 Å². The first-order chi connectivity index (χ1) is 44.8. The van der Waals surface area contributed by atoms with E-state index in [0.29, 0.717) is 97.8 Å². The Morgan fingerprint density at radius 3 is 1.39 bits per heavy atom. The molecule has 7 N–H and O–H groups in total. The van der Waals surface area contributed by atoms with E-state index in [1.54, 1.807) is 36.4 Å². The molecule has 4 aliphatic rings. The third-order valence-corrected chi connectivity index (χ3v) is 21.1. The molecule has 0 unspecified atom stereocenters. The Kier molecular flexibility index (Phi) is 19.1. The topological polar surface area (TPSA) is 264 Å². The number of sulfonamides is 2. The summed E-state index contributed by atoms with van der Waals surface area (Å²) < 4.78 is 89.4. The number of alkyl halides is 1. The van der Waals surface area contributed by atoms with E-state index in [0.717, 1.165) is 82.8 Å². The lowest BCUT2D eigenvalue weighted by molar-refractivity contribution is 0.0684. The summed E-state index contributed by atoms with van der Waals surface area (Å²) in [4.78, 5) is 61.3. The van der Waals surface area contributed by atoms with Crippen LogP contribution in [0.5, 0.6) is 0 Å². The number of halogens is 3. The Labute approximate surface area is 543 Å². The van der Waals surface area contributed by atoms with Gasteiger partial charge in [-0.25, -0.2) is 44.6 Å². The number of carboxylic acids is 2. The fourth-order valence-corrected chi connectivity index (χ4v) is 14.6. The first-order valence-electron chi connectivity index (χ1n) is 30.8. The van der Waals surface area contributed by atoms with Crippen LogP contribution in [0, 0.1) is 11.6 Å². The summed E-state index contributed by atoms with van der Waals surface area (Å²) in [6.45, 7) is 6.71. The molecule has 6 aromatic carbocycles. The monoisotopic (exact) mass is 1370 g/mol. The number of benzene rings is 6. The van der Waals surface area contributed by atoms with Crippen LogP contribution in [-0.4, -0.2) is 128 Å². The molecular formula is C68H69BrF2N10O10S2. The Morgan fingerprint density at radius 1 is 0.548 bits per heavy atom. The summed E-state index contributed by atoms with van der Waals surface area (Å²) in [7, 11) is -7.12. The number of fused-ring (bicyclic) bond motifs is 4. The van der Waals surface area contributed by atoms with Crippen molar-refractivity contribution in [1.29, 1.82) is 0 Å². The molecule has 4 fully saturated rings. The van der Waals surface area contributed by atoms with E-state index in [4.69, 9.17) is 0 Å². The number of nitrogens with zero attached hydrogens (tertiary/aromatic N) is 5. The molecule has 0 radical (unpaired) electrons. The number of carbonyl (C=O) groups is 2. The van der Waals surface area contributed by atoms with Gasteiger partial charge in [0.2, 0.25) is 30.9 Å². The SMILES string of the molecule is O=C(O)c1cn(C2CC2)c2cc(N3CCN(Cc4ccc(S(=O)(=O)NCCc5c[nH]c6ccccc56)cc4)CC3)c(F)cc2c1=O.O=C(O)c1cn(C2CC2)c2cc(N3CCNCC3)c(F)cc2c1=O.O=S(=O)(NCCc1c[nH]c2ccccc12)c1ccc(CBr)cc1. The van der Waals surface area contributed by atoms with Crippen LogP contribution in [0.25, 0.3) is 43.6 Å². The maximum Gasteiger partial charge on any atom is 0.341 e. The van der Waals surface area contributed by atoms with Gasteiger partial charge in [0.05, 0.1) is 32.2 Å². The van der Waals surface area contributed by atoms with Crippen molar-refractivity contribution in [2.45, 2.75) is 72.3 Å². The average molecular weight is 1370 g/mol. The number of carboxylic acid groups (broad SMARTS) is 2. The molecule has 2 aliphatic heterocycles. The maximum absolute atomic E-state index is 15.3. The van der Waals surface area contributed by atoms with Crippen molar-refractivity contribution in [3.63, 3.8) is 0 Å². The normalized spacial score (nSPS) is 15.5. The molecule has 484 valence electrons. The van der Waals surface area contributed by atoms with E-state index >= 15 is 4.39 Å². The molecule has 0 amide bonds. The number of para-hydroxylation sites is 2. The van der Waals surface area contributed by atoms with Gasteiger partial charge in [0.1, 0.15) is 22.8 Å². The fraction of sp³-hybridized carbons (Fsp3) is 0.294. The molecule has 2 saturated carbocycles. The van der Waals surface area contributed by atoms with Gasteiger partial charge >= 0.3 is 11.9 Å². The molecule has 20 nitrogen and oxygen atoms in total. The summed E-state index contributed by atoms with van der Waals surface area (Å²) >= 11 is 3.35. The van der Waals surface area contributed by atoms with Gasteiger partial charge in [0, 0.05) is 147 Å². The molecule has 0 spiro atoms. The molecule has 2 saturated heterocycles. The van der Waals surface area contributed by atoms with Gasteiger partial charge in [-0.1, -0.05) is 76.6 Å². The number of rotatable bonds is 19. The number of piperazine rings is 2. The first kappa shape index (κ1) is 64.5. The zero-order valence-corrected chi connectivity index (χ0v) is 53.8. The van der Waals surface area contributed by atoms with Gasteiger partial charge in [-0.2, -0.15) is 0 Å². The largest absolute Gasteiger partial charge is 0.477 e. The summed E-state index contributed by atoms with van der Waals surface area (Å²) in [6, 6.07) is 35.8. The van der Waals surface area contributed by atoms with Crippen molar-refractivity contribution in [3.8, 4) is 0 Å². The molecule has 25 heteroatoms. The highest BCUT2D eigenvalue weighted by Crippen LogP contribution is 2.40. The number of hydrogen-bond acceptors (Lipinski definition) is 12. The standard InChI is InChI=1S/C34H34FN5O5S.C17H17BrN2O2S.C17H18FN3O3/c35-29-17-27-31(40(24-7-8-24)21-28(33(27)41)34(42)43)18-32(29)39-15-13-38(14-16-39)20-22-5-9-25(10-6-22)46(44,45)37-12-11-23-19-36-30-4-2-1-3-26(23)30;18-11-13-5-7-15(8-6-13)23(21,22)20-10-9-14-12-19-17-4-2-1-3-16(14)17;18-13-7-11-14(8-15(13)20-5-3-19-4-6-20)21(10-1-2-10)9-12(16(11)22)17(23)24/h1-6,9-10,17-19,21,24,36-37H,7-8,11-16,20H2,(H,42,43);1-8,12,19-20H,9-11H2;7-10,19H,1-6H2,(H,23,24). The third-order valence-electron chi connectivity index (χ3n) is 17.5. The molecule has 14 rings (SSSR count). The summed E-state index contributed by atoms with van der Waals surface area (Å²) in [5.74, 6) is -3.61. The highest BCUT2D eigenvalue weighted by atomic mass is 79.9. The van der Waals surface area contributed by atoms with Crippen LogP contribution >= 0.6 is 15.9 Å². The van der Waals surface area contributed by atoms with Crippen LogP contribution < -0.4 is 35.4 Å². The Bertz CT molecular complexity index is 4810. The molecule has 4 aromatic heterocycles. The quantitative estimate of drug-likeness (QED) is 0.0372. The van der Waals surface area contributed by atoms with Gasteiger partial charge in [-0.15, -0.1) is 0 Å². The highest BCUT2D eigenvalue weighted by Gasteiger charge is 2.31. The predicted octanol–water partition coefficient (Wildman–Crippen LogP) is 9.67. The second-order valence-electron chi connectivity index (χ2n) is 23.7. The van der Waals surface area contributed by atoms with Crippen molar-refractivity contribution in [3.05, 3.63) is 212 Å². The van der Waals surface area contributed by atoms with Crippen molar-refractivity contribution in [1.82, 2.24) is 38.8 Å². The summed E-state index contributed by atoms with van der Waals surface area (Å²) in [5, 5.41) is 25.1. The number of H-pyrrole nitrogens is 2. The molecular weight excluding hydrogens is 1300 g/mol. The van der Waals surface area contributed by atoms with Crippen LogP contribution in [-0.2, 0) is 44.8 Å². The number of aromatic nitrogens is 4. The van der Waals surface area contributed by atoms with E-state index in [-0.39, 0.29) is 45.4 Å². The van der Waals surface area contributed by atoms with E-state index in [2.05, 4.69) is 45.6 Å². The minimum absolute atomic E-state index is 0.0848. The van der Waals surface area contributed by atoms with Gasteiger partial charge in [0.15, 0.2) is 0 Å². The van der Waals surface area contributed by atoms with Crippen molar-refractivity contribution < 1.29 is 45.4 Å². The molecule has 0 atom stereocenters. The van der Waals surface area contributed by atoms with Gasteiger partial charge in [-0.3, -0.25) is 14.5 Å². The molecule has 10 aromatic rings. The maximum atomic E-state index is 15.3. The second kappa shape index (κ2) is 27.6. The van der Waals surface area contributed by atoms with E-state index in [1.165, 1.54) is 24.5 Å². The summed E-state index contributed by atoms with van der Waals surface area (Å²) in [6.07, 6.45) is 11.5. The number of pyridine rings is 2. The fourth-order valence-electron chi connectivity index (χ4n) is 12.1. The van der Waals surface area contributed by atoms with Gasteiger partial charge in [0.25, 0.3) is 0 Å². The van der Waals surface area contributed by atoms with Gasteiger partial charge < -0.3 is 44.4 Å². The van der Waals surface area contributed by atoms with Crippen molar-refractivity contribution in [2.24, 2.45) is 0 Å². The lowest BCUT2D eigenvalue weighted by Crippen LogP contribution is -2.46. The minimum atomic E-state index is -3.65. The minimum Gasteiger partial charge on any atom is -0.477 e. The number of anilines is 2. The highest BCUT2D eigenvalue weighted by molar-refractivity contribution is 9.08. The van der Waals surface area contributed by atoms with Crippen LogP contribution in [0.1, 0.15) is 80.7 Å². The molecule has 6 heterocycles. The van der Waals surface area contributed by atoms with Crippen LogP contribution in [0.3, 0.4) is 0 Å². The van der Waals surface area contributed by atoms with Crippen LogP contribution in [0.2, 0.25) is 0 Å².